The fourth-order valence-corrected chi connectivity index (χ4v) is 5.35. The lowest BCUT2D eigenvalue weighted by Gasteiger charge is -2.28. The van der Waals surface area contributed by atoms with Gasteiger partial charge in [0.25, 0.3) is 5.91 Å². The molecule has 0 bridgehead atoms. The van der Waals surface area contributed by atoms with Crippen LogP contribution in [0, 0.1) is 5.92 Å². The molecule has 0 spiro atoms. The molecule has 0 saturated carbocycles. The van der Waals surface area contributed by atoms with E-state index in [0.29, 0.717) is 23.6 Å². The van der Waals surface area contributed by atoms with Crippen molar-refractivity contribution in [2.24, 2.45) is 5.92 Å². The van der Waals surface area contributed by atoms with Gasteiger partial charge >= 0.3 is 5.97 Å². The van der Waals surface area contributed by atoms with Gasteiger partial charge in [0.2, 0.25) is 0 Å². The average molecular weight is 416 g/mol. The largest absolute Gasteiger partial charge is 0.492 e. The minimum Gasteiger partial charge on any atom is -0.492 e. The smallest absolute Gasteiger partial charge is 0.313 e. The van der Waals surface area contributed by atoms with Crippen LogP contribution < -0.4 is 4.74 Å². The molecular weight excluding hydrogens is 394 g/mol. The molecule has 1 aromatic carbocycles. The molecule has 0 unspecified atom stereocenters. The van der Waals surface area contributed by atoms with Crippen LogP contribution in [0.25, 0.3) is 0 Å². The van der Waals surface area contributed by atoms with Gasteiger partial charge in [0, 0.05) is 18.1 Å². The third kappa shape index (κ3) is 4.55. The van der Waals surface area contributed by atoms with Crippen LogP contribution >= 0.6 is 11.6 Å². The normalized spacial score (nSPS) is 24.4. The molecule has 1 fully saturated rings. The summed E-state index contributed by atoms with van der Waals surface area (Å²) in [5.74, 6) is -0.743. The number of sulfone groups is 1. The zero-order valence-electron chi connectivity index (χ0n) is 15.2. The summed E-state index contributed by atoms with van der Waals surface area (Å²) in [6, 6.07) is 4.85. The third-order valence-corrected chi connectivity index (χ3v) is 6.99. The second-order valence-corrected chi connectivity index (χ2v) is 9.71. The molecule has 1 aromatic rings. The standard InChI is InChI=1S/C18H22ClNO6S/c1-11(17(21)20(2)15-5-6-27(23,24)10-15)26-18(22)13-7-12-8-14(19)3-4-16(12)25-9-13/h3-4,8,11,13,15H,5-7,9-10H2,1-2H3/t11-,13-,15-/m1/s1. The van der Waals surface area contributed by atoms with Crippen LogP contribution in [0.3, 0.4) is 0 Å². The zero-order valence-corrected chi connectivity index (χ0v) is 16.8. The molecule has 2 heterocycles. The van der Waals surface area contributed by atoms with Gasteiger partial charge in [0.15, 0.2) is 15.9 Å². The summed E-state index contributed by atoms with van der Waals surface area (Å²) in [6.45, 7) is 1.67. The average Bonchev–Trinajstić information content (AvgIpc) is 2.99. The van der Waals surface area contributed by atoms with Crippen molar-refractivity contribution in [3.63, 3.8) is 0 Å². The number of hydrogen-bond donors (Lipinski definition) is 0. The van der Waals surface area contributed by atoms with Crippen molar-refractivity contribution in [3.8, 4) is 5.75 Å². The Labute approximate surface area is 163 Å². The molecule has 1 saturated heterocycles. The van der Waals surface area contributed by atoms with E-state index in [4.69, 9.17) is 21.1 Å². The van der Waals surface area contributed by atoms with E-state index in [2.05, 4.69) is 0 Å². The summed E-state index contributed by atoms with van der Waals surface area (Å²) in [7, 11) is -1.56. The van der Waals surface area contributed by atoms with Gasteiger partial charge in [0.05, 0.1) is 17.4 Å². The number of carbonyl (C=O) groups is 2. The van der Waals surface area contributed by atoms with Crippen molar-refractivity contribution in [2.75, 3.05) is 25.2 Å². The van der Waals surface area contributed by atoms with Gasteiger partial charge in [0.1, 0.15) is 12.4 Å². The third-order valence-electron chi connectivity index (χ3n) is 5.01. The minimum absolute atomic E-state index is 0.0517. The van der Waals surface area contributed by atoms with E-state index in [1.54, 1.807) is 25.2 Å². The fourth-order valence-electron chi connectivity index (χ4n) is 3.38. The van der Waals surface area contributed by atoms with E-state index < -0.39 is 33.7 Å². The van der Waals surface area contributed by atoms with Gasteiger partial charge in [-0.15, -0.1) is 0 Å². The lowest BCUT2D eigenvalue weighted by Crippen LogP contribution is -2.45. The molecule has 148 valence electrons. The first kappa shape index (κ1) is 19.9. The number of amides is 1. The number of carbonyl (C=O) groups excluding carboxylic acids is 2. The number of esters is 1. The predicted octanol–water partition coefficient (Wildman–Crippen LogP) is 1.47. The number of ether oxygens (including phenoxy) is 2. The molecule has 0 aliphatic carbocycles. The molecule has 7 nitrogen and oxygen atoms in total. The Morgan fingerprint density at radius 3 is 2.78 bits per heavy atom. The van der Waals surface area contributed by atoms with Crippen LogP contribution in [0.5, 0.6) is 5.75 Å². The molecule has 2 aliphatic heterocycles. The van der Waals surface area contributed by atoms with Gasteiger partial charge in [-0.1, -0.05) is 11.6 Å². The Morgan fingerprint density at radius 2 is 2.11 bits per heavy atom. The van der Waals surface area contributed by atoms with Crippen molar-refractivity contribution in [1.29, 1.82) is 0 Å². The van der Waals surface area contributed by atoms with Crippen LogP contribution in [-0.2, 0) is 30.6 Å². The van der Waals surface area contributed by atoms with E-state index in [0.717, 1.165) is 5.56 Å². The predicted molar refractivity (Wildman–Crippen MR) is 99.5 cm³/mol. The zero-order chi connectivity index (χ0) is 19.8. The molecule has 3 atom stereocenters. The topological polar surface area (TPSA) is 90.0 Å². The molecule has 27 heavy (non-hydrogen) atoms. The highest BCUT2D eigenvalue weighted by molar-refractivity contribution is 7.91. The quantitative estimate of drug-likeness (QED) is 0.692. The fraction of sp³-hybridized carbons (Fsp3) is 0.556. The highest BCUT2D eigenvalue weighted by Gasteiger charge is 2.36. The van der Waals surface area contributed by atoms with Crippen LogP contribution in [-0.4, -0.2) is 62.5 Å². The molecule has 9 heteroatoms. The first-order valence-corrected chi connectivity index (χ1v) is 10.9. The maximum Gasteiger partial charge on any atom is 0.313 e. The van der Waals surface area contributed by atoms with E-state index >= 15 is 0 Å². The maximum absolute atomic E-state index is 12.5. The second-order valence-electron chi connectivity index (χ2n) is 7.05. The van der Waals surface area contributed by atoms with Crippen molar-refractivity contribution in [3.05, 3.63) is 28.8 Å². The summed E-state index contributed by atoms with van der Waals surface area (Å²) >= 11 is 5.98. The SMILES string of the molecule is C[C@@H](OC(=O)[C@H]1COc2ccc(Cl)cc2C1)C(=O)N(C)[C@@H]1CCS(=O)(=O)C1. The van der Waals surface area contributed by atoms with Gasteiger partial charge in [-0.25, -0.2) is 8.42 Å². The summed E-state index contributed by atoms with van der Waals surface area (Å²) in [6.07, 6.45) is -0.169. The summed E-state index contributed by atoms with van der Waals surface area (Å²) in [5, 5.41) is 0.558. The highest BCUT2D eigenvalue weighted by atomic mass is 35.5. The van der Waals surface area contributed by atoms with Crippen molar-refractivity contribution in [1.82, 2.24) is 4.90 Å². The number of halogens is 1. The summed E-state index contributed by atoms with van der Waals surface area (Å²) in [5.41, 5.74) is 0.822. The highest BCUT2D eigenvalue weighted by Crippen LogP contribution is 2.30. The molecule has 0 aromatic heterocycles. The Balaban J connectivity index is 1.58. The first-order chi connectivity index (χ1) is 12.7. The number of nitrogens with zero attached hydrogens (tertiary/aromatic N) is 1. The molecular formula is C18H22ClNO6S. The van der Waals surface area contributed by atoms with E-state index in [1.165, 1.54) is 11.8 Å². The van der Waals surface area contributed by atoms with Crippen LogP contribution in [0.1, 0.15) is 18.9 Å². The first-order valence-electron chi connectivity index (χ1n) is 8.75. The number of hydrogen-bond acceptors (Lipinski definition) is 6. The van der Waals surface area contributed by atoms with Gasteiger partial charge in [-0.3, -0.25) is 9.59 Å². The lowest BCUT2D eigenvalue weighted by atomic mass is 9.97. The van der Waals surface area contributed by atoms with Gasteiger partial charge < -0.3 is 14.4 Å². The maximum atomic E-state index is 12.5. The molecule has 0 radical (unpaired) electrons. The molecule has 0 N–H and O–H groups in total. The second kappa shape index (κ2) is 7.67. The lowest BCUT2D eigenvalue weighted by molar-refractivity contribution is -0.163. The number of fused-ring (bicyclic) bond motifs is 1. The molecule has 3 rings (SSSR count). The van der Waals surface area contributed by atoms with E-state index in [-0.39, 0.29) is 24.2 Å². The van der Waals surface area contributed by atoms with Crippen molar-refractivity contribution < 1.29 is 27.5 Å². The van der Waals surface area contributed by atoms with E-state index in [1.807, 2.05) is 0 Å². The number of rotatable bonds is 4. The van der Waals surface area contributed by atoms with Crippen molar-refractivity contribution in [2.45, 2.75) is 31.9 Å². The Bertz CT molecular complexity index is 855. The summed E-state index contributed by atoms with van der Waals surface area (Å²) in [4.78, 5) is 26.3. The monoisotopic (exact) mass is 415 g/mol. The molecule has 1 amide bonds. The van der Waals surface area contributed by atoms with Crippen LogP contribution in [0.2, 0.25) is 5.02 Å². The van der Waals surface area contributed by atoms with Crippen LogP contribution in [0.4, 0.5) is 0 Å². The minimum atomic E-state index is -3.10. The molecule has 2 aliphatic rings. The Kier molecular flexibility index (Phi) is 5.67. The Morgan fingerprint density at radius 1 is 1.37 bits per heavy atom. The number of likely N-dealkylation sites (N-methyl/N-ethyl adjacent to an activating group) is 1. The van der Waals surface area contributed by atoms with Crippen LogP contribution in [0.15, 0.2) is 18.2 Å². The van der Waals surface area contributed by atoms with Gasteiger partial charge in [-0.2, -0.15) is 0 Å². The van der Waals surface area contributed by atoms with Crippen molar-refractivity contribution >= 4 is 33.3 Å². The Hall–Kier alpha value is -1.80. The van der Waals surface area contributed by atoms with E-state index in [9.17, 15) is 18.0 Å². The van der Waals surface area contributed by atoms with Gasteiger partial charge in [-0.05, 0) is 43.5 Å². The summed E-state index contributed by atoms with van der Waals surface area (Å²) < 4.78 is 34.1. The number of benzene rings is 1.